The summed E-state index contributed by atoms with van der Waals surface area (Å²) < 4.78 is 0. The van der Waals surface area contributed by atoms with Crippen molar-refractivity contribution < 1.29 is 4.79 Å². The summed E-state index contributed by atoms with van der Waals surface area (Å²) in [5.41, 5.74) is 8.59. The van der Waals surface area contributed by atoms with Gasteiger partial charge in [0, 0.05) is 5.71 Å². The molecular formula is C10H19N3O. The highest BCUT2D eigenvalue weighted by Crippen LogP contribution is 2.36. The van der Waals surface area contributed by atoms with Crippen LogP contribution in [0.1, 0.15) is 40.0 Å². The van der Waals surface area contributed by atoms with Gasteiger partial charge in [-0.15, -0.1) is 0 Å². The minimum absolute atomic E-state index is 0.288. The average Bonchev–Trinajstić information content (AvgIpc) is 1.96. The molecule has 1 rings (SSSR count). The molecule has 3 N–H and O–H groups in total. The summed E-state index contributed by atoms with van der Waals surface area (Å²) in [4.78, 5) is 10.5. The Hall–Kier alpha value is -1.06. The molecule has 0 heterocycles. The van der Waals surface area contributed by atoms with Crippen molar-refractivity contribution >= 4 is 11.7 Å². The summed E-state index contributed by atoms with van der Waals surface area (Å²) in [6.45, 7) is 6.66. The van der Waals surface area contributed by atoms with E-state index < -0.39 is 6.03 Å². The number of nitrogens with zero attached hydrogens (tertiary/aromatic N) is 1. The number of nitrogens with one attached hydrogen (secondary N) is 1. The second-order valence-electron chi connectivity index (χ2n) is 5.01. The molecule has 0 bridgehead atoms. The smallest absolute Gasteiger partial charge is 0.332 e. The third-order valence-electron chi connectivity index (χ3n) is 2.49. The van der Waals surface area contributed by atoms with Crippen LogP contribution in [0.4, 0.5) is 4.79 Å². The van der Waals surface area contributed by atoms with Crippen molar-refractivity contribution in [3.8, 4) is 0 Å². The Labute approximate surface area is 84.9 Å². The van der Waals surface area contributed by atoms with Gasteiger partial charge in [0.2, 0.25) is 0 Å². The van der Waals surface area contributed by atoms with Crippen LogP contribution in [0.3, 0.4) is 0 Å². The third kappa shape index (κ3) is 3.36. The second-order valence-corrected chi connectivity index (χ2v) is 5.01. The lowest BCUT2D eigenvalue weighted by Crippen LogP contribution is -2.31. The van der Waals surface area contributed by atoms with Crippen LogP contribution in [0, 0.1) is 11.3 Å². The number of carbonyl (C=O) groups is 1. The van der Waals surface area contributed by atoms with Crippen molar-refractivity contribution in [2.45, 2.75) is 40.0 Å². The van der Waals surface area contributed by atoms with Crippen LogP contribution < -0.4 is 11.2 Å². The van der Waals surface area contributed by atoms with Crippen LogP contribution in [0.5, 0.6) is 0 Å². The number of urea groups is 1. The van der Waals surface area contributed by atoms with Crippen molar-refractivity contribution in [2.75, 3.05) is 0 Å². The second kappa shape index (κ2) is 3.98. The maximum atomic E-state index is 10.5. The molecule has 1 atom stereocenters. The number of rotatable bonds is 1. The lowest BCUT2D eigenvalue weighted by Gasteiger charge is -2.34. The first-order valence-corrected chi connectivity index (χ1v) is 5.00. The van der Waals surface area contributed by atoms with Gasteiger partial charge in [-0.05, 0) is 30.6 Å². The summed E-state index contributed by atoms with van der Waals surface area (Å²) in [7, 11) is 0. The Balaban J connectivity index is 2.62. The molecule has 0 unspecified atom stereocenters. The van der Waals surface area contributed by atoms with E-state index in [2.05, 4.69) is 31.3 Å². The summed E-state index contributed by atoms with van der Waals surface area (Å²) in [6, 6.07) is -0.589. The van der Waals surface area contributed by atoms with E-state index in [1.807, 2.05) is 0 Å². The maximum absolute atomic E-state index is 10.5. The Morgan fingerprint density at radius 3 is 2.79 bits per heavy atom. The molecule has 1 aliphatic rings. The zero-order chi connectivity index (χ0) is 10.8. The SMILES string of the molecule is C[C@H]1C/C(=N/NC(N)=O)CC(C)(C)C1. The molecule has 80 valence electrons. The van der Waals surface area contributed by atoms with E-state index in [4.69, 9.17) is 5.73 Å². The lowest BCUT2D eigenvalue weighted by molar-refractivity contribution is 0.247. The molecule has 0 saturated heterocycles. The first-order valence-electron chi connectivity index (χ1n) is 5.00. The van der Waals surface area contributed by atoms with E-state index in [9.17, 15) is 4.79 Å². The first-order chi connectivity index (χ1) is 6.39. The van der Waals surface area contributed by atoms with Crippen molar-refractivity contribution in [1.82, 2.24) is 5.43 Å². The number of carbonyl (C=O) groups excluding carboxylic acids is 1. The molecule has 1 fully saturated rings. The summed E-state index contributed by atoms with van der Waals surface area (Å²) in [5, 5.41) is 4.02. The van der Waals surface area contributed by atoms with E-state index in [0.29, 0.717) is 5.92 Å². The van der Waals surface area contributed by atoms with E-state index in [0.717, 1.165) is 18.6 Å². The fraction of sp³-hybridized carbons (Fsp3) is 0.800. The minimum Gasteiger partial charge on any atom is -0.350 e. The zero-order valence-corrected chi connectivity index (χ0v) is 9.13. The molecule has 2 amide bonds. The molecule has 1 saturated carbocycles. The van der Waals surface area contributed by atoms with E-state index in [1.165, 1.54) is 6.42 Å². The largest absolute Gasteiger partial charge is 0.350 e. The van der Waals surface area contributed by atoms with Gasteiger partial charge in [0.15, 0.2) is 0 Å². The maximum Gasteiger partial charge on any atom is 0.332 e. The number of hydrogen-bond donors (Lipinski definition) is 2. The van der Waals surface area contributed by atoms with Crippen LogP contribution in [-0.4, -0.2) is 11.7 Å². The van der Waals surface area contributed by atoms with Gasteiger partial charge in [-0.25, -0.2) is 10.2 Å². The molecule has 0 radical (unpaired) electrons. The number of hydrogen-bond acceptors (Lipinski definition) is 2. The van der Waals surface area contributed by atoms with Crippen molar-refractivity contribution in [2.24, 2.45) is 22.2 Å². The number of nitrogens with two attached hydrogens (primary N) is 1. The van der Waals surface area contributed by atoms with Gasteiger partial charge in [0.05, 0.1) is 0 Å². The van der Waals surface area contributed by atoms with E-state index in [-0.39, 0.29) is 5.41 Å². The monoisotopic (exact) mass is 197 g/mol. The predicted molar refractivity (Wildman–Crippen MR) is 57.0 cm³/mol. The van der Waals surface area contributed by atoms with Crippen LogP contribution in [0.25, 0.3) is 0 Å². The van der Waals surface area contributed by atoms with Crippen LogP contribution in [0.15, 0.2) is 5.10 Å². The number of amides is 2. The fourth-order valence-electron chi connectivity index (χ4n) is 2.33. The van der Waals surface area contributed by atoms with Gasteiger partial charge < -0.3 is 5.73 Å². The van der Waals surface area contributed by atoms with Gasteiger partial charge in [0.25, 0.3) is 0 Å². The lowest BCUT2D eigenvalue weighted by atomic mass is 9.72. The normalized spacial score (nSPS) is 28.8. The molecular weight excluding hydrogens is 178 g/mol. The van der Waals surface area contributed by atoms with Gasteiger partial charge in [-0.1, -0.05) is 20.8 Å². The van der Waals surface area contributed by atoms with Gasteiger partial charge in [0.1, 0.15) is 0 Å². The van der Waals surface area contributed by atoms with Crippen molar-refractivity contribution in [3.05, 3.63) is 0 Å². The standard InChI is InChI=1S/C10H19N3O/c1-7-4-8(12-13-9(11)14)6-10(2,3)5-7/h7H,4-6H2,1-3H3,(H3,11,13,14)/b12-8-/t7-/m0/s1. The summed E-state index contributed by atoms with van der Waals surface area (Å²) in [6.07, 6.45) is 3.12. The topological polar surface area (TPSA) is 67.5 Å². The highest BCUT2D eigenvalue weighted by molar-refractivity contribution is 5.87. The predicted octanol–water partition coefficient (Wildman–Crippen LogP) is 1.86. The van der Waals surface area contributed by atoms with Gasteiger partial charge in [-0.3, -0.25) is 0 Å². The van der Waals surface area contributed by atoms with Gasteiger partial charge >= 0.3 is 6.03 Å². The highest BCUT2D eigenvalue weighted by Gasteiger charge is 2.29. The van der Waals surface area contributed by atoms with Crippen LogP contribution >= 0.6 is 0 Å². The Morgan fingerprint density at radius 1 is 1.64 bits per heavy atom. The molecule has 0 aromatic carbocycles. The van der Waals surface area contributed by atoms with Gasteiger partial charge in [-0.2, -0.15) is 5.10 Å². The van der Waals surface area contributed by atoms with Crippen LogP contribution in [0.2, 0.25) is 0 Å². The van der Waals surface area contributed by atoms with E-state index in [1.54, 1.807) is 0 Å². The summed E-state index contributed by atoms with van der Waals surface area (Å²) in [5.74, 6) is 0.632. The minimum atomic E-state index is -0.589. The molecule has 4 nitrogen and oxygen atoms in total. The molecule has 0 aliphatic heterocycles. The number of primary amides is 1. The fourth-order valence-corrected chi connectivity index (χ4v) is 2.33. The number of hydrazone groups is 1. The molecule has 0 aromatic rings. The summed E-state index contributed by atoms with van der Waals surface area (Å²) >= 11 is 0. The molecule has 4 heteroatoms. The van der Waals surface area contributed by atoms with Crippen LogP contribution in [-0.2, 0) is 0 Å². The van der Waals surface area contributed by atoms with Crippen molar-refractivity contribution in [3.63, 3.8) is 0 Å². The zero-order valence-electron chi connectivity index (χ0n) is 9.13. The Kier molecular flexibility index (Phi) is 3.13. The third-order valence-corrected chi connectivity index (χ3v) is 2.49. The quantitative estimate of drug-likeness (QED) is 0.619. The average molecular weight is 197 g/mol. The Bertz CT molecular complexity index is 258. The molecule has 0 spiro atoms. The first kappa shape index (κ1) is 11.0. The Morgan fingerprint density at radius 2 is 2.29 bits per heavy atom. The van der Waals surface area contributed by atoms with Crippen molar-refractivity contribution in [1.29, 1.82) is 0 Å². The molecule has 14 heavy (non-hydrogen) atoms. The molecule has 1 aliphatic carbocycles. The highest BCUT2D eigenvalue weighted by atomic mass is 16.2. The van der Waals surface area contributed by atoms with E-state index >= 15 is 0 Å². The molecule has 0 aromatic heterocycles.